The lowest BCUT2D eigenvalue weighted by Gasteiger charge is -2.29. The molecule has 1 aromatic heterocycles. The third-order valence-corrected chi connectivity index (χ3v) is 3.82. The predicted octanol–water partition coefficient (Wildman–Crippen LogP) is 2.65. The fraction of sp³-hybridized carbons (Fsp3) is 0.615. The second-order valence-electron chi connectivity index (χ2n) is 5.03. The van der Waals surface area contributed by atoms with Crippen LogP contribution in [0.3, 0.4) is 0 Å². The lowest BCUT2D eigenvalue weighted by Crippen LogP contribution is -2.28. The van der Waals surface area contributed by atoms with Gasteiger partial charge in [0.05, 0.1) is 13.2 Å². The summed E-state index contributed by atoms with van der Waals surface area (Å²) in [5.74, 6) is 0.439. The third kappa shape index (κ3) is 2.22. The quantitative estimate of drug-likeness (QED) is 0.821. The number of rotatable bonds is 3. The minimum absolute atomic E-state index is 0.0885. The van der Waals surface area contributed by atoms with Gasteiger partial charge in [-0.05, 0) is 30.4 Å². The summed E-state index contributed by atoms with van der Waals surface area (Å²) in [6, 6.07) is 3.25. The van der Waals surface area contributed by atoms with Gasteiger partial charge in [-0.25, -0.2) is 4.79 Å². The van der Waals surface area contributed by atoms with Crippen LogP contribution in [0.25, 0.3) is 0 Å². The van der Waals surface area contributed by atoms with E-state index >= 15 is 0 Å². The molecule has 1 aliphatic carbocycles. The molecule has 0 spiro atoms. The van der Waals surface area contributed by atoms with Gasteiger partial charge in [0.25, 0.3) is 0 Å². The van der Waals surface area contributed by atoms with Crippen molar-refractivity contribution < 1.29 is 13.9 Å². The molecular weight excluding hydrogens is 218 g/mol. The number of carbonyl (C=O) groups excluding carboxylic acids is 1. The monoisotopic (exact) mass is 237 g/mol. The highest BCUT2D eigenvalue weighted by Crippen LogP contribution is 2.46. The molecule has 1 saturated carbocycles. The van der Waals surface area contributed by atoms with Gasteiger partial charge in [0.1, 0.15) is 5.76 Å². The van der Waals surface area contributed by atoms with Crippen molar-refractivity contribution >= 4 is 5.97 Å². The number of esters is 1. The maximum atomic E-state index is 11.3. The Bertz CT molecular complexity index is 405. The van der Waals surface area contributed by atoms with Gasteiger partial charge in [0, 0.05) is 0 Å². The Morgan fingerprint density at radius 1 is 1.47 bits per heavy atom. The van der Waals surface area contributed by atoms with E-state index in [1.165, 1.54) is 20.0 Å². The molecule has 0 aromatic carbocycles. The second-order valence-corrected chi connectivity index (χ2v) is 5.03. The first-order valence-corrected chi connectivity index (χ1v) is 6.00. The fourth-order valence-corrected chi connectivity index (χ4v) is 2.57. The topological polar surface area (TPSA) is 65.5 Å². The molecule has 1 fully saturated rings. The number of carbonyl (C=O) groups is 1. The van der Waals surface area contributed by atoms with E-state index in [2.05, 4.69) is 11.7 Å². The highest BCUT2D eigenvalue weighted by molar-refractivity contribution is 5.86. The molecule has 1 unspecified atom stereocenters. The van der Waals surface area contributed by atoms with Crippen molar-refractivity contribution in [2.45, 2.75) is 38.6 Å². The predicted molar refractivity (Wildman–Crippen MR) is 63.6 cm³/mol. The summed E-state index contributed by atoms with van der Waals surface area (Å²) in [5, 5.41) is 0. The van der Waals surface area contributed by atoms with Crippen LogP contribution in [0.4, 0.5) is 0 Å². The molecule has 0 radical (unpaired) electrons. The minimum Gasteiger partial charge on any atom is -0.463 e. The van der Waals surface area contributed by atoms with E-state index in [0.717, 1.165) is 12.8 Å². The first-order valence-electron chi connectivity index (χ1n) is 6.00. The largest absolute Gasteiger partial charge is 0.463 e. The number of hydrogen-bond donors (Lipinski definition) is 1. The molecule has 17 heavy (non-hydrogen) atoms. The van der Waals surface area contributed by atoms with E-state index in [4.69, 9.17) is 10.2 Å². The molecule has 1 aliphatic rings. The van der Waals surface area contributed by atoms with Crippen molar-refractivity contribution in [3.63, 3.8) is 0 Å². The van der Waals surface area contributed by atoms with Gasteiger partial charge in [0.2, 0.25) is 5.76 Å². The molecule has 0 amide bonds. The molecule has 4 nitrogen and oxygen atoms in total. The Hall–Kier alpha value is -1.29. The van der Waals surface area contributed by atoms with Gasteiger partial charge in [-0.2, -0.15) is 0 Å². The normalized spacial score (nSPS) is 20.2. The van der Waals surface area contributed by atoms with Crippen molar-refractivity contribution in [1.29, 1.82) is 0 Å². The van der Waals surface area contributed by atoms with Gasteiger partial charge in [0.15, 0.2) is 0 Å². The van der Waals surface area contributed by atoms with Crippen molar-refractivity contribution in [2.24, 2.45) is 11.1 Å². The highest BCUT2D eigenvalue weighted by atomic mass is 16.5. The average molecular weight is 237 g/mol. The zero-order chi connectivity index (χ0) is 12.5. The number of nitrogens with two attached hydrogens (primary N) is 1. The van der Waals surface area contributed by atoms with Crippen LogP contribution in [0.1, 0.15) is 55.0 Å². The Morgan fingerprint density at radius 3 is 2.71 bits per heavy atom. The van der Waals surface area contributed by atoms with E-state index in [0.29, 0.717) is 5.76 Å². The molecule has 4 heteroatoms. The van der Waals surface area contributed by atoms with Gasteiger partial charge >= 0.3 is 5.97 Å². The second kappa shape index (κ2) is 4.53. The Labute approximate surface area is 101 Å². The molecule has 1 atom stereocenters. The van der Waals surface area contributed by atoms with Crippen molar-refractivity contribution in [3.8, 4) is 0 Å². The first-order chi connectivity index (χ1) is 8.07. The lowest BCUT2D eigenvalue weighted by atomic mass is 9.80. The van der Waals surface area contributed by atoms with Crippen molar-refractivity contribution in [1.82, 2.24) is 0 Å². The molecule has 2 N–H and O–H groups in total. The zero-order valence-corrected chi connectivity index (χ0v) is 10.4. The Kier molecular flexibility index (Phi) is 3.24. The number of hydrogen-bond acceptors (Lipinski definition) is 4. The molecule has 2 rings (SSSR count). The first kappa shape index (κ1) is 12.2. The highest BCUT2D eigenvalue weighted by Gasteiger charge is 2.37. The molecular formula is C13H19NO3. The van der Waals surface area contributed by atoms with Crippen molar-refractivity contribution in [2.75, 3.05) is 7.11 Å². The van der Waals surface area contributed by atoms with Crippen LogP contribution < -0.4 is 5.73 Å². The maximum absolute atomic E-state index is 11.3. The van der Waals surface area contributed by atoms with Gasteiger partial charge in [-0.3, -0.25) is 0 Å². The van der Waals surface area contributed by atoms with Crippen molar-refractivity contribution in [3.05, 3.63) is 23.7 Å². The number of furan rings is 1. The van der Waals surface area contributed by atoms with Crippen LogP contribution >= 0.6 is 0 Å². The SMILES string of the molecule is COC(=O)c1ccc(C(N)C2(C)CCCC2)o1. The third-order valence-electron chi connectivity index (χ3n) is 3.82. The standard InChI is InChI=1S/C13H19NO3/c1-13(7-3-4-8-13)11(14)9-5-6-10(17-9)12(15)16-2/h5-6,11H,3-4,7-8,14H2,1-2H3. The van der Waals surface area contributed by atoms with Crippen LogP contribution in [0.5, 0.6) is 0 Å². The smallest absolute Gasteiger partial charge is 0.373 e. The maximum Gasteiger partial charge on any atom is 0.373 e. The molecule has 1 aromatic rings. The fourth-order valence-electron chi connectivity index (χ4n) is 2.57. The summed E-state index contributed by atoms with van der Waals surface area (Å²) < 4.78 is 10.1. The molecule has 0 bridgehead atoms. The van der Waals surface area contributed by atoms with E-state index in [1.54, 1.807) is 12.1 Å². The van der Waals surface area contributed by atoms with Crippen LogP contribution in [0.15, 0.2) is 16.5 Å². The summed E-state index contributed by atoms with van der Waals surface area (Å²) in [4.78, 5) is 11.3. The summed E-state index contributed by atoms with van der Waals surface area (Å²) in [6.45, 7) is 2.19. The Morgan fingerprint density at radius 2 is 2.12 bits per heavy atom. The van der Waals surface area contributed by atoms with Gasteiger partial charge in [-0.15, -0.1) is 0 Å². The van der Waals surface area contributed by atoms with Crippen LogP contribution in [-0.2, 0) is 4.74 Å². The average Bonchev–Trinajstić information content (AvgIpc) is 2.96. The molecule has 94 valence electrons. The summed E-state index contributed by atoms with van der Waals surface area (Å²) >= 11 is 0. The van der Waals surface area contributed by atoms with Gasteiger partial charge in [-0.1, -0.05) is 19.8 Å². The minimum atomic E-state index is -0.458. The van der Waals surface area contributed by atoms with E-state index in [9.17, 15) is 4.79 Å². The molecule has 0 aliphatic heterocycles. The molecule has 1 heterocycles. The summed E-state index contributed by atoms with van der Waals surface area (Å²) in [7, 11) is 1.34. The molecule has 0 saturated heterocycles. The van der Waals surface area contributed by atoms with Crippen LogP contribution in [0, 0.1) is 5.41 Å². The van der Waals surface area contributed by atoms with Crippen LogP contribution in [0.2, 0.25) is 0 Å². The Balaban J connectivity index is 2.17. The van der Waals surface area contributed by atoms with Crippen LogP contribution in [-0.4, -0.2) is 13.1 Å². The zero-order valence-electron chi connectivity index (χ0n) is 10.4. The van der Waals surface area contributed by atoms with Gasteiger partial charge < -0.3 is 14.9 Å². The summed E-state index contributed by atoms with van der Waals surface area (Å²) in [5.41, 5.74) is 6.33. The summed E-state index contributed by atoms with van der Waals surface area (Å²) in [6.07, 6.45) is 4.66. The lowest BCUT2D eigenvalue weighted by molar-refractivity contribution is 0.0560. The number of methoxy groups -OCH3 is 1. The van der Waals surface area contributed by atoms with E-state index in [1.807, 2.05) is 0 Å². The van der Waals surface area contributed by atoms with E-state index in [-0.39, 0.29) is 17.2 Å². The van der Waals surface area contributed by atoms with E-state index < -0.39 is 5.97 Å². The number of ether oxygens (including phenoxy) is 1.